The Kier molecular flexibility index (Phi) is 5.56. The Labute approximate surface area is 161 Å². The van der Waals surface area contributed by atoms with E-state index in [2.05, 4.69) is 33.7 Å². The van der Waals surface area contributed by atoms with Gasteiger partial charge in [0.2, 0.25) is 11.9 Å². The van der Waals surface area contributed by atoms with Crippen LogP contribution >= 0.6 is 0 Å². The van der Waals surface area contributed by atoms with Gasteiger partial charge in [-0.15, -0.1) is 0 Å². The molecule has 148 valence electrons. The average Bonchev–Trinajstić information content (AvgIpc) is 2.82. The van der Waals surface area contributed by atoms with Gasteiger partial charge in [0, 0.05) is 11.7 Å². The van der Waals surface area contributed by atoms with E-state index < -0.39 is 0 Å². The minimum absolute atomic E-state index is 0. The van der Waals surface area contributed by atoms with Crippen LogP contribution in [0.4, 0.5) is 5.95 Å². The van der Waals surface area contributed by atoms with Crippen LogP contribution in [0.2, 0.25) is 0 Å². The van der Waals surface area contributed by atoms with E-state index in [1.165, 1.54) is 6.42 Å². The van der Waals surface area contributed by atoms with E-state index in [1.54, 1.807) is 0 Å². The summed E-state index contributed by atoms with van der Waals surface area (Å²) in [6.45, 7) is 6.18. The Bertz CT molecular complexity index is 823. The zero-order valence-corrected chi connectivity index (χ0v) is 15.9. The lowest BCUT2D eigenvalue weighted by molar-refractivity contribution is -0.131. The molecule has 1 aliphatic heterocycles. The van der Waals surface area contributed by atoms with Crippen LogP contribution in [0.15, 0.2) is 12.1 Å². The zero-order valence-electron chi connectivity index (χ0n) is 15.9. The van der Waals surface area contributed by atoms with Crippen molar-refractivity contribution in [2.75, 3.05) is 5.32 Å². The molecule has 1 atom stereocenters. The highest BCUT2D eigenvalue weighted by molar-refractivity contribution is 5.91. The van der Waals surface area contributed by atoms with Gasteiger partial charge in [-0.3, -0.25) is 14.7 Å². The summed E-state index contributed by atoms with van der Waals surface area (Å²) in [6.07, 6.45) is 6.91. The predicted molar refractivity (Wildman–Crippen MR) is 108 cm³/mol. The smallest absolute Gasteiger partial charge is 0.229 e. The molecule has 1 saturated heterocycles. The number of hydrogen-bond donors (Lipinski definition) is 1. The first kappa shape index (κ1) is 19.8. The highest BCUT2D eigenvalue weighted by atomic mass is 16.5. The lowest BCUT2D eigenvalue weighted by atomic mass is 9.93. The van der Waals surface area contributed by atoms with Crippen molar-refractivity contribution in [1.82, 2.24) is 14.5 Å². The average molecular weight is 373 g/mol. The van der Waals surface area contributed by atoms with Crippen LogP contribution in [0.1, 0.15) is 78.0 Å². The van der Waals surface area contributed by atoms with Crippen molar-refractivity contribution in [2.24, 2.45) is 0 Å². The number of fused-ring (bicyclic) bond motifs is 1. The number of pyridine rings is 1. The number of carbonyl (C=O) groups is 1. The van der Waals surface area contributed by atoms with E-state index in [1.807, 2.05) is 19.1 Å². The molecule has 0 bridgehead atoms. The van der Waals surface area contributed by atoms with Gasteiger partial charge in [0.05, 0.1) is 18.1 Å². The number of aryl methyl sites for hydroxylation is 1. The topological polar surface area (TPSA) is 69.0 Å². The Morgan fingerprint density at radius 2 is 2.04 bits per heavy atom. The molecule has 4 rings (SSSR count). The summed E-state index contributed by atoms with van der Waals surface area (Å²) in [5.74, 6) is 0.600. The Morgan fingerprint density at radius 1 is 1.26 bits per heavy atom. The fourth-order valence-electron chi connectivity index (χ4n) is 4.00. The number of rotatable bonds is 4. The standard InChI is InChI=1S/C20H28N4O2.CH4/c1-13-9-10-16-18(21-13)24(14-6-4-7-14)19(22-16)23-17(25)12-15-8-5-11-20(2,3)26-15;/h9-10,14-15H,4-8,11-12H2,1-3H3,(H,22,23,25);1H4/t15-;/m1./s1. The summed E-state index contributed by atoms with van der Waals surface area (Å²) in [5, 5.41) is 3.04. The van der Waals surface area contributed by atoms with Crippen molar-refractivity contribution in [1.29, 1.82) is 0 Å². The summed E-state index contributed by atoms with van der Waals surface area (Å²) >= 11 is 0. The first-order valence-electron chi connectivity index (χ1n) is 9.74. The molecule has 0 unspecified atom stereocenters. The molecule has 6 heteroatoms. The largest absolute Gasteiger partial charge is 0.372 e. The molecular formula is C21H32N4O2. The van der Waals surface area contributed by atoms with E-state index in [4.69, 9.17) is 4.74 Å². The van der Waals surface area contributed by atoms with Crippen molar-refractivity contribution >= 4 is 23.0 Å². The number of nitrogens with zero attached hydrogens (tertiary/aromatic N) is 3. The summed E-state index contributed by atoms with van der Waals surface area (Å²) in [7, 11) is 0. The van der Waals surface area contributed by atoms with Gasteiger partial charge in [0.15, 0.2) is 5.65 Å². The second kappa shape index (κ2) is 7.58. The maximum Gasteiger partial charge on any atom is 0.229 e. The van der Waals surface area contributed by atoms with Gasteiger partial charge in [0.25, 0.3) is 0 Å². The molecule has 1 N–H and O–H groups in total. The van der Waals surface area contributed by atoms with Crippen molar-refractivity contribution in [3.05, 3.63) is 17.8 Å². The molecule has 2 fully saturated rings. The van der Waals surface area contributed by atoms with Gasteiger partial charge >= 0.3 is 0 Å². The second-order valence-corrected chi connectivity index (χ2v) is 8.33. The van der Waals surface area contributed by atoms with Gasteiger partial charge in [-0.05, 0) is 71.4 Å². The normalized spacial score (nSPS) is 22.1. The Balaban J connectivity index is 0.00000210. The number of ether oxygens (including phenoxy) is 1. The number of carbonyl (C=O) groups excluding carboxylic acids is 1. The molecule has 2 aromatic heterocycles. The number of aromatic nitrogens is 3. The highest BCUT2D eigenvalue weighted by Crippen LogP contribution is 2.37. The van der Waals surface area contributed by atoms with Crippen molar-refractivity contribution < 1.29 is 9.53 Å². The number of amides is 1. The summed E-state index contributed by atoms with van der Waals surface area (Å²) in [6, 6.07) is 4.33. The first-order chi connectivity index (χ1) is 12.4. The van der Waals surface area contributed by atoms with E-state index >= 15 is 0 Å². The molecule has 2 aliphatic rings. The van der Waals surface area contributed by atoms with Gasteiger partial charge in [-0.2, -0.15) is 0 Å². The van der Waals surface area contributed by atoms with Crippen molar-refractivity contribution in [3.63, 3.8) is 0 Å². The van der Waals surface area contributed by atoms with Crippen LogP contribution in [-0.4, -0.2) is 32.1 Å². The molecule has 1 saturated carbocycles. The lowest BCUT2D eigenvalue weighted by Gasteiger charge is -2.35. The molecule has 27 heavy (non-hydrogen) atoms. The molecule has 3 heterocycles. The van der Waals surface area contributed by atoms with Gasteiger partial charge in [0.1, 0.15) is 5.52 Å². The molecule has 0 spiro atoms. The molecular weight excluding hydrogens is 340 g/mol. The van der Waals surface area contributed by atoms with Crippen molar-refractivity contribution in [2.45, 2.75) is 90.9 Å². The van der Waals surface area contributed by atoms with E-state index in [0.29, 0.717) is 18.4 Å². The van der Waals surface area contributed by atoms with Crippen LogP contribution in [0.5, 0.6) is 0 Å². The van der Waals surface area contributed by atoms with E-state index in [9.17, 15) is 4.79 Å². The summed E-state index contributed by atoms with van der Waals surface area (Å²) in [5.41, 5.74) is 2.55. The van der Waals surface area contributed by atoms with E-state index in [-0.39, 0.29) is 25.0 Å². The SMILES string of the molecule is C.Cc1ccc2nc(NC(=O)C[C@H]3CCCC(C)(C)O3)n(C3CCC3)c2n1. The number of hydrogen-bond acceptors (Lipinski definition) is 4. The summed E-state index contributed by atoms with van der Waals surface area (Å²) < 4.78 is 8.19. The zero-order chi connectivity index (χ0) is 18.3. The van der Waals surface area contributed by atoms with Gasteiger partial charge < -0.3 is 4.74 Å². The predicted octanol–water partition coefficient (Wildman–Crippen LogP) is 4.78. The quantitative estimate of drug-likeness (QED) is 0.839. The number of imidazole rings is 1. The molecule has 6 nitrogen and oxygen atoms in total. The van der Waals surface area contributed by atoms with Crippen LogP contribution in [0.25, 0.3) is 11.2 Å². The lowest BCUT2D eigenvalue weighted by Crippen LogP contribution is -2.37. The molecule has 0 aromatic carbocycles. The molecule has 1 amide bonds. The summed E-state index contributed by atoms with van der Waals surface area (Å²) in [4.78, 5) is 22.0. The van der Waals surface area contributed by atoms with E-state index in [0.717, 1.165) is 49.0 Å². The maximum atomic E-state index is 12.7. The van der Waals surface area contributed by atoms with Crippen LogP contribution < -0.4 is 5.32 Å². The molecule has 1 aliphatic carbocycles. The number of nitrogens with one attached hydrogen (secondary N) is 1. The Morgan fingerprint density at radius 3 is 2.70 bits per heavy atom. The minimum Gasteiger partial charge on any atom is -0.372 e. The maximum absolute atomic E-state index is 12.7. The fraction of sp³-hybridized carbons (Fsp3) is 0.667. The highest BCUT2D eigenvalue weighted by Gasteiger charge is 2.31. The van der Waals surface area contributed by atoms with Crippen LogP contribution in [-0.2, 0) is 9.53 Å². The van der Waals surface area contributed by atoms with Crippen LogP contribution in [0.3, 0.4) is 0 Å². The minimum atomic E-state index is -0.135. The fourth-order valence-corrected chi connectivity index (χ4v) is 4.00. The van der Waals surface area contributed by atoms with Crippen molar-refractivity contribution in [3.8, 4) is 0 Å². The third kappa shape index (κ3) is 4.15. The first-order valence-corrected chi connectivity index (χ1v) is 9.74. The number of anilines is 1. The third-order valence-electron chi connectivity index (χ3n) is 5.57. The third-order valence-corrected chi connectivity index (χ3v) is 5.57. The van der Waals surface area contributed by atoms with Gasteiger partial charge in [-0.1, -0.05) is 7.43 Å². The second-order valence-electron chi connectivity index (χ2n) is 8.33. The Hall–Kier alpha value is -1.95. The monoisotopic (exact) mass is 372 g/mol. The van der Waals surface area contributed by atoms with Gasteiger partial charge in [-0.25, -0.2) is 9.97 Å². The molecule has 2 aromatic rings. The van der Waals surface area contributed by atoms with Crippen LogP contribution in [0, 0.1) is 6.92 Å². The molecule has 0 radical (unpaired) electrons.